The van der Waals surface area contributed by atoms with E-state index in [2.05, 4.69) is 4.99 Å². The van der Waals surface area contributed by atoms with Crippen molar-refractivity contribution in [2.24, 2.45) is 4.99 Å². The van der Waals surface area contributed by atoms with E-state index in [-0.39, 0.29) is 11.7 Å². The number of ether oxygens (including phenoxy) is 1. The minimum absolute atomic E-state index is 0.223. The summed E-state index contributed by atoms with van der Waals surface area (Å²) in [6.07, 6.45) is 3.67. The molecule has 0 atom stereocenters. The predicted molar refractivity (Wildman–Crippen MR) is 97.2 cm³/mol. The number of methoxy groups -OCH3 is 1. The number of aryl methyl sites for hydroxylation is 1. The molecule has 0 fully saturated rings. The van der Waals surface area contributed by atoms with Crippen LogP contribution < -0.4 is 0 Å². The number of carbonyl (C=O) groups excluding carboxylic acids is 1. The van der Waals surface area contributed by atoms with Crippen LogP contribution in [0.5, 0.6) is 5.75 Å². The lowest BCUT2D eigenvalue weighted by Gasteiger charge is -2.07. The van der Waals surface area contributed by atoms with Crippen LogP contribution in [0, 0.1) is 6.92 Å². The van der Waals surface area contributed by atoms with E-state index in [4.69, 9.17) is 4.74 Å². The molecule has 3 aromatic rings. The zero-order chi connectivity index (χ0) is 17.8. The third-order valence-corrected chi connectivity index (χ3v) is 3.87. The average molecular weight is 334 g/mol. The maximum Gasteiger partial charge on any atom is 0.337 e. The van der Waals surface area contributed by atoms with E-state index in [9.17, 15) is 9.90 Å². The first kappa shape index (κ1) is 16.5. The number of esters is 1. The first-order valence-corrected chi connectivity index (χ1v) is 7.78. The molecule has 0 aliphatic heterocycles. The van der Waals surface area contributed by atoms with Gasteiger partial charge in [-0.05, 0) is 61.0 Å². The molecule has 0 unspecified atom stereocenters. The summed E-state index contributed by atoms with van der Waals surface area (Å²) in [6.45, 7) is 1.94. The molecule has 0 aliphatic carbocycles. The standard InChI is InChI=1S/C20H18N2O3/c1-14-5-6-15(20(24)25-2)12-19(14)21-13-17-4-3-11-22(17)16-7-9-18(23)10-8-16/h3-13,23H,1-2H3. The van der Waals surface area contributed by atoms with Crippen LogP contribution in [-0.2, 0) is 4.74 Å². The lowest BCUT2D eigenvalue weighted by atomic mass is 10.1. The zero-order valence-electron chi connectivity index (χ0n) is 14.0. The van der Waals surface area contributed by atoms with Crippen LogP contribution in [-0.4, -0.2) is 29.0 Å². The maximum absolute atomic E-state index is 11.7. The van der Waals surface area contributed by atoms with Gasteiger partial charge in [-0.1, -0.05) is 6.07 Å². The number of nitrogens with zero attached hydrogens (tertiary/aromatic N) is 2. The summed E-state index contributed by atoms with van der Waals surface area (Å²) < 4.78 is 6.71. The second-order valence-corrected chi connectivity index (χ2v) is 5.57. The van der Waals surface area contributed by atoms with Gasteiger partial charge in [0.2, 0.25) is 0 Å². The molecule has 0 saturated carbocycles. The highest BCUT2D eigenvalue weighted by Crippen LogP contribution is 2.21. The van der Waals surface area contributed by atoms with Gasteiger partial charge in [-0.2, -0.15) is 0 Å². The van der Waals surface area contributed by atoms with Crippen molar-refractivity contribution >= 4 is 17.9 Å². The fourth-order valence-electron chi connectivity index (χ4n) is 2.48. The van der Waals surface area contributed by atoms with Gasteiger partial charge >= 0.3 is 5.97 Å². The van der Waals surface area contributed by atoms with Crippen molar-refractivity contribution in [1.29, 1.82) is 0 Å². The molecule has 0 amide bonds. The van der Waals surface area contributed by atoms with Crippen LogP contribution in [0.25, 0.3) is 5.69 Å². The molecule has 1 N–H and O–H groups in total. The van der Waals surface area contributed by atoms with Crippen molar-refractivity contribution in [2.75, 3.05) is 7.11 Å². The number of phenolic OH excluding ortho intramolecular Hbond substituents is 1. The Kier molecular flexibility index (Phi) is 4.66. The molecule has 1 aromatic heterocycles. The van der Waals surface area contributed by atoms with Gasteiger partial charge in [0.05, 0.1) is 30.3 Å². The van der Waals surface area contributed by atoms with Crippen molar-refractivity contribution in [3.63, 3.8) is 0 Å². The van der Waals surface area contributed by atoms with Crippen molar-refractivity contribution < 1.29 is 14.6 Å². The third kappa shape index (κ3) is 3.61. The Balaban J connectivity index is 1.92. The van der Waals surface area contributed by atoms with Gasteiger partial charge in [-0.25, -0.2) is 4.79 Å². The molecule has 3 rings (SSSR count). The molecule has 0 radical (unpaired) electrons. The fraction of sp³-hybridized carbons (Fsp3) is 0.100. The number of rotatable bonds is 4. The minimum Gasteiger partial charge on any atom is -0.508 e. The number of aromatic nitrogens is 1. The molecule has 1 heterocycles. The molecule has 5 nitrogen and oxygen atoms in total. The lowest BCUT2D eigenvalue weighted by Crippen LogP contribution is -2.01. The SMILES string of the molecule is COC(=O)c1ccc(C)c(N=Cc2cccn2-c2ccc(O)cc2)c1. The smallest absolute Gasteiger partial charge is 0.337 e. The third-order valence-electron chi connectivity index (χ3n) is 3.87. The van der Waals surface area contributed by atoms with Gasteiger partial charge in [0, 0.05) is 11.9 Å². The number of phenols is 1. The molecular formula is C20H18N2O3. The summed E-state index contributed by atoms with van der Waals surface area (Å²) >= 11 is 0. The number of benzene rings is 2. The number of hydrogen-bond donors (Lipinski definition) is 1. The highest BCUT2D eigenvalue weighted by Gasteiger charge is 2.07. The molecule has 0 aliphatic rings. The monoisotopic (exact) mass is 334 g/mol. The molecule has 0 bridgehead atoms. The van der Waals surface area contributed by atoms with Gasteiger partial charge in [0.1, 0.15) is 5.75 Å². The second kappa shape index (κ2) is 7.05. The van der Waals surface area contributed by atoms with Gasteiger partial charge in [0.25, 0.3) is 0 Å². The Morgan fingerprint density at radius 1 is 1.16 bits per heavy atom. The maximum atomic E-state index is 11.7. The summed E-state index contributed by atoms with van der Waals surface area (Å²) in [6, 6.07) is 16.1. The molecule has 2 aromatic carbocycles. The number of aromatic hydroxyl groups is 1. The van der Waals surface area contributed by atoms with Gasteiger partial charge in [-0.3, -0.25) is 4.99 Å². The average Bonchev–Trinajstić information content (AvgIpc) is 3.09. The number of carbonyl (C=O) groups is 1. The normalized spacial score (nSPS) is 11.0. The van der Waals surface area contributed by atoms with Crippen LogP contribution in [0.2, 0.25) is 0 Å². The summed E-state index contributed by atoms with van der Waals surface area (Å²) in [5.74, 6) is -0.162. The lowest BCUT2D eigenvalue weighted by molar-refractivity contribution is 0.0601. The molecule has 5 heteroatoms. The predicted octanol–water partition coefficient (Wildman–Crippen LogP) is 4.03. The van der Waals surface area contributed by atoms with Gasteiger partial charge in [0.15, 0.2) is 0 Å². The largest absolute Gasteiger partial charge is 0.508 e. The number of aliphatic imine (C=N–C) groups is 1. The Labute approximate surface area is 145 Å². The minimum atomic E-state index is -0.385. The molecular weight excluding hydrogens is 316 g/mol. The summed E-state index contributed by atoms with van der Waals surface area (Å²) in [4.78, 5) is 16.2. The molecule has 25 heavy (non-hydrogen) atoms. The van der Waals surface area contributed by atoms with Gasteiger partial charge < -0.3 is 14.4 Å². The highest BCUT2D eigenvalue weighted by atomic mass is 16.5. The molecule has 0 spiro atoms. The summed E-state index contributed by atoms with van der Waals surface area (Å²) in [7, 11) is 1.36. The second-order valence-electron chi connectivity index (χ2n) is 5.57. The fourth-order valence-corrected chi connectivity index (χ4v) is 2.48. The van der Waals surface area contributed by atoms with Crippen LogP contribution >= 0.6 is 0 Å². The molecule has 0 saturated heterocycles. The summed E-state index contributed by atoms with van der Waals surface area (Å²) in [5.41, 5.74) is 3.94. The van der Waals surface area contributed by atoms with E-state index in [1.54, 1.807) is 30.5 Å². The van der Waals surface area contributed by atoms with Crippen molar-refractivity contribution in [1.82, 2.24) is 4.57 Å². The Morgan fingerprint density at radius 3 is 2.64 bits per heavy atom. The molecule has 126 valence electrons. The van der Waals surface area contributed by atoms with Crippen LogP contribution in [0.4, 0.5) is 5.69 Å². The quantitative estimate of drug-likeness (QED) is 0.579. The zero-order valence-corrected chi connectivity index (χ0v) is 14.0. The van der Waals surface area contributed by atoms with E-state index in [1.807, 2.05) is 48.0 Å². The first-order valence-electron chi connectivity index (χ1n) is 7.78. The van der Waals surface area contributed by atoms with Crippen molar-refractivity contribution in [2.45, 2.75) is 6.92 Å². The van der Waals surface area contributed by atoms with Crippen LogP contribution in [0.15, 0.2) is 65.8 Å². The Bertz CT molecular complexity index is 924. The van der Waals surface area contributed by atoms with Crippen molar-refractivity contribution in [3.05, 3.63) is 77.6 Å². The van der Waals surface area contributed by atoms with E-state index in [0.717, 1.165) is 16.9 Å². The van der Waals surface area contributed by atoms with E-state index in [0.29, 0.717) is 11.3 Å². The van der Waals surface area contributed by atoms with E-state index in [1.165, 1.54) is 7.11 Å². The van der Waals surface area contributed by atoms with Crippen LogP contribution in [0.3, 0.4) is 0 Å². The first-order chi connectivity index (χ1) is 12.1. The van der Waals surface area contributed by atoms with E-state index < -0.39 is 0 Å². The van der Waals surface area contributed by atoms with Crippen molar-refractivity contribution in [3.8, 4) is 11.4 Å². The van der Waals surface area contributed by atoms with Gasteiger partial charge in [-0.15, -0.1) is 0 Å². The van der Waals surface area contributed by atoms with Crippen LogP contribution in [0.1, 0.15) is 21.6 Å². The topological polar surface area (TPSA) is 63.8 Å². The summed E-state index contributed by atoms with van der Waals surface area (Å²) in [5, 5.41) is 9.42. The van der Waals surface area contributed by atoms with E-state index >= 15 is 0 Å². The highest BCUT2D eigenvalue weighted by molar-refractivity contribution is 5.91. The Hall–Kier alpha value is -3.34. The Morgan fingerprint density at radius 2 is 1.92 bits per heavy atom. The number of hydrogen-bond acceptors (Lipinski definition) is 4.